The predicted molar refractivity (Wildman–Crippen MR) is 85.5 cm³/mol. The zero-order valence-electron chi connectivity index (χ0n) is 12.7. The number of nitrogens with one attached hydrogen (secondary N) is 1. The number of aromatic nitrogens is 1. The Morgan fingerprint density at radius 1 is 1.05 bits per heavy atom. The van der Waals surface area contributed by atoms with Gasteiger partial charge in [-0.3, -0.25) is 0 Å². The fourth-order valence-electron chi connectivity index (χ4n) is 3.04. The van der Waals surface area contributed by atoms with Gasteiger partial charge in [0.25, 0.3) is 0 Å². The van der Waals surface area contributed by atoms with Crippen molar-refractivity contribution < 1.29 is 9.53 Å². The van der Waals surface area contributed by atoms with Crippen molar-refractivity contribution in [3.8, 4) is 0 Å². The summed E-state index contributed by atoms with van der Waals surface area (Å²) < 4.78 is 7.54. The van der Waals surface area contributed by atoms with Crippen LogP contribution in [0.5, 0.6) is 0 Å². The number of alkyl carbamates (subject to hydrolysis) is 1. The van der Waals surface area contributed by atoms with Crippen LogP contribution in [0.3, 0.4) is 0 Å². The lowest BCUT2D eigenvalue weighted by atomic mass is 9.91. The molecule has 2 aromatic rings. The van der Waals surface area contributed by atoms with Gasteiger partial charge < -0.3 is 14.6 Å². The molecule has 0 atom stereocenters. The molecule has 1 aliphatic carbocycles. The van der Waals surface area contributed by atoms with E-state index in [1.807, 2.05) is 30.3 Å². The molecule has 1 aromatic heterocycles. The molecule has 3 rings (SSSR count). The summed E-state index contributed by atoms with van der Waals surface area (Å²) in [5.74, 6) is 0. The van der Waals surface area contributed by atoms with Crippen LogP contribution in [-0.2, 0) is 11.3 Å². The Morgan fingerprint density at radius 2 is 1.73 bits per heavy atom. The van der Waals surface area contributed by atoms with Crippen molar-refractivity contribution in [3.05, 3.63) is 60.4 Å². The number of hydrogen-bond donors (Lipinski definition) is 1. The van der Waals surface area contributed by atoms with Gasteiger partial charge in [-0.25, -0.2) is 4.79 Å². The van der Waals surface area contributed by atoms with Gasteiger partial charge in [-0.2, -0.15) is 0 Å². The third-order valence-corrected chi connectivity index (χ3v) is 4.28. The van der Waals surface area contributed by atoms with Gasteiger partial charge in [-0.15, -0.1) is 0 Å². The van der Waals surface area contributed by atoms with Crippen LogP contribution in [0.25, 0.3) is 0 Å². The van der Waals surface area contributed by atoms with Crippen LogP contribution in [0.4, 0.5) is 4.79 Å². The monoisotopic (exact) mass is 298 g/mol. The molecule has 116 valence electrons. The number of benzene rings is 1. The maximum absolute atomic E-state index is 11.9. The largest absolute Gasteiger partial charge is 0.445 e. The number of carbonyl (C=O) groups excluding carboxylic acids is 1. The van der Waals surface area contributed by atoms with Crippen molar-refractivity contribution in [2.24, 2.45) is 0 Å². The highest BCUT2D eigenvalue weighted by Gasteiger charge is 2.23. The summed E-state index contributed by atoms with van der Waals surface area (Å²) in [5.41, 5.74) is 1.01. The van der Waals surface area contributed by atoms with Crippen LogP contribution in [0.15, 0.2) is 54.9 Å². The highest BCUT2D eigenvalue weighted by atomic mass is 16.5. The van der Waals surface area contributed by atoms with Gasteiger partial charge in [0.05, 0.1) is 0 Å². The SMILES string of the molecule is O=C(NC1CCC(n2cccc2)CC1)OCc1ccccc1. The molecule has 4 nitrogen and oxygen atoms in total. The third-order valence-electron chi connectivity index (χ3n) is 4.28. The Morgan fingerprint density at radius 3 is 2.41 bits per heavy atom. The maximum atomic E-state index is 11.9. The molecule has 1 amide bonds. The molecule has 1 aromatic carbocycles. The number of carbonyl (C=O) groups is 1. The molecule has 1 N–H and O–H groups in total. The first kappa shape index (κ1) is 14.7. The smallest absolute Gasteiger partial charge is 0.407 e. The topological polar surface area (TPSA) is 43.3 Å². The molecule has 0 spiro atoms. The standard InChI is InChI=1S/C18H22N2O2/c21-18(22-14-15-6-2-1-3-7-15)19-16-8-10-17(11-9-16)20-12-4-5-13-20/h1-7,12-13,16-17H,8-11,14H2,(H,19,21). The van der Waals surface area contributed by atoms with Gasteiger partial charge in [0.15, 0.2) is 0 Å². The quantitative estimate of drug-likeness (QED) is 0.930. The first-order valence-corrected chi connectivity index (χ1v) is 7.91. The number of nitrogens with zero attached hydrogens (tertiary/aromatic N) is 1. The molecule has 0 bridgehead atoms. The molecule has 0 radical (unpaired) electrons. The lowest BCUT2D eigenvalue weighted by Crippen LogP contribution is -2.38. The Bertz CT molecular complexity index is 572. The predicted octanol–water partition coefficient (Wildman–Crippen LogP) is 3.90. The van der Waals surface area contributed by atoms with E-state index in [4.69, 9.17) is 4.74 Å². The number of ether oxygens (including phenoxy) is 1. The summed E-state index contributed by atoms with van der Waals surface area (Å²) in [5, 5.41) is 2.98. The van der Waals surface area contributed by atoms with E-state index in [0.717, 1.165) is 31.2 Å². The molecule has 4 heteroatoms. The summed E-state index contributed by atoms with van der Waals surface area (Å²) in [7, 11) is 0. The van der Waals surface area contributed by atoms with Crippen LogP contribution < -0.4 is 5.32 Å². The second-order valence-electron chi connectivity index (χ2n) is 5.84. The van der Waals surface area contributed by atoms with Crippen LogP contribution in [0, 0.1) is 0 Å². The van der Waals surface area contributed by atoms with Crippen molar-refractivity contribution in [3.63, 3.8) is 0 Å². The van der Waals surface area contributed by atoms with Crippen LogP contribution >= 0.6 is 0 Å². The molecule has 22 heavy (non-hydrogen) atoms. The van der Waals surface area contributed by atoms with Crippen molar-refractivity contribution in [1.82, 2.24) is 9.88 Å². The normalized spacial score (nSPS) is 21.3. The summed E-state index contributed by atoms with van der Waals surface area (Å²) in [6.45, 7) is 0.325. The summed E-state index contributed by atoms with van der Waals surface area (Å²) in [4.78, 5) is 11.9. The highest BCUT2D eigenvalue weighted by molar-refractivity contribution is 5.67. The molecule has 0 aliphatic heterocycles. The Balaban J connectivity index is 1.40. The zero-order valence-corrected chi connectivity index (χ0v) is 12.7. The van der Waals surface area contributed by atoms with Gasteiger partial charge in [0, 0.05) is 24.5 Å². The van der Waals surface area contributed by atoms with Crippen molar-refractivity contribution in [2.45, 2.75) is 44.4 Å². The average Bonchev–Trinajstić information content (AvgIpc) is 3.09. The molecule has 0 saturated heterocycles. The van der Waals surface area contributed by atoms with Gasteiger partial charge in [0.1, 0.15) is 6.61 Å². The van der Waals surface area contributed by atoms with E-state index in [1.165, 1.54) is 0 Å². The summed E-state index contributed by atoms with van der Waals surface area (Å²) >= 11 is 0. The molecular formula is C18H22N2O2. The zero-order chi connectivity index (χ0) is 15.2. The van der Waals surface area contributed by atoms with E-state index < -0.39 is 0 Å². The van der Waals surface area contributed by atoms with Crippen LogP contribution in [-0.4, -0.2) is 16.7 Å². The van der Waals surface area contributed by atoms with E-state index >= 15 is 0 Å². The second-order valence-corrected chi connectivity index (χ2v) is 5.84. The fraction of sp³-hybridized carbons (Fsp3) is 0.389. The van der Waals surface area contributed by atoms with Crippen LogP contribution in [0.2, 0.25) is 0 Å². The van der Waals surface area contributed by atoms with Crippen molar-refractivity contribution in [2.75, 3.05) is 0 Å². The van der Waals surface area contributed by atoms with Gasteiger partial charge in [-0.1, -0.05) is 30.3 Å². The van der Waals surface area contributed by atoms with Gasteiger partial charge in [-0.05, 0) is 43.4 Å². The van der Waals surface area contributed by atoms with E-state index in [0.29, 0.717) is 12.6 Å². The highest BCUT2D eigenvalue weighted by Crippen LogP contribution is 2.28. The lowest BCUT2D eigenvalue weighted by molar-refractivity contribution is 0.131. The summed E-state index contributed by atoms with van der Waals surface area (Å²) in [6, 6.07) is 14.7. The first-order chi connectivity index (χ1) is 10.8. The number of hydrogen-bond acceptors (Lipinski definition) is 2. The van der Waals surface area contributed by atoms with E-state index in [1.54, 1.807) is 0 Å². The first-order valence-electron chi connectivity index (χ1n) is 7.91. The minimum absolute atomic E-state index is 0.232. The Hall–Kier alpha value is -2.23. The molecule has 1 aliphatic rings. The third kappa shape index (κ3) is 3.91. The Kier molecular flexibility index (Phi) is 4.78. The molecule has 1 heterocycles. The fourth-order valence-corrected chi connectivity index (χ4v) is 3.04. The molecule has 1 fully saturated rings. The number of rotatable bonds is 4. The number of amides is 1. The maximum Gasteiger partial charge on any atom is 0.407 e. The molecule has 1 saturated carbocycles. The van der Waals surface area contributed by atoms with E-state index in [9.17, 15) is 4.79 Å². The molecule has 0 unspecified atom stereocenters. The molecular weight excluding hydrogens is 276 g/mol. The van der Waals surface area contributed by atoms with Crippen molar-refractivity contribution >= 4 is 6.09 Å². The minimum Gasteiger partial charge on any atom is -0.445 e. The average molecular weight is 298 g/mol. The lowest BCUT2D eigenvalue weighted by Gasteiger charge is -2.29. The van der Waals surface area contributed by atoms with Crippen LogP contribution in [0.1, 0.15) is 37.3 Å². The van der Waals surface area contributed by atoms with E-state index in [-0.39, 0.29) is 12.1 Å². The second kappa shape index (κ2) is 7.16. The Labute approximate surface area is 131 Å². The van der Waals surface area contributed by atoms with Gasteiger partial charge in [0.2, 0.25) is 0 Å². The van der Waals surface area contributed by atoms with Crippen molar-refractivity contribution in [1.29, 1.82) is 0 Å². The minimum atomic E-state index is -0.312. The van der Waals surface area contributed by atoms with E-state index in [2.05, 4.69) is 34.4 Å². The summed E-state index contributed by atoms with van der Waals surface area (Å²) in [6.07, 6.45) is 8.12. The van der Waals surface area contributed by atoms with Gasteiger partial charge >= 0.3 is 6.09 Å².